The maximum absolute atomic E-state index is 5.96. The average Bonchev–Trinajstić information content (AvgIpc) is 2.42. The molecule has 1 N–H and O–H groups in total. The normalized spacial score (nSPS) is 27.6. The lowest BCUT2D eigenvalue weighted by Crippen LogP contribution is -2.40. The molecule has 2 heteroatoms. The van der Waals surface area contributed by atoms with E-state index in [1.807, 2.05) is 0 Å². The smallest absolute Gasteiger partial charge is 0.124 e. The molecule has 1 saturated carbocycles. The van der Waals surface area contributed by atoms with Crippen LogP contribution in [0.25, 0.3) is 0 Å². The molecule has 21 heavy (non-hydrogen) atoms. The van der Waals surface area contributed by atoms with Crippen molar-refractivity contribution in [3.8, 4) is 5.75 Å². The molecule has 1 aliphatic carbocycles. The molecule has 0 saturated heterocycles. The van der Waals surface area contributed by atoms with Crippen molar-refractivity contribution in [2.45, 2.75) is 72.1 Å². The fourth-order valence-electron chi connectivity index (χ4n) is 3.37. The highest BCUT2D eigenvalue weighted by atomic mass is 16.5. The zero-order valence-electron chi connectivity index (χ0n) is 14.2. The summed E-state index contributed by atoms with van der Waals surface area (Å²) < 4.78 is 5.96. The molecule has 1 aromatic carbocycles. The molecule has 0 aromatic heterocycles. The highest BCUT2D eigenvalue weighted by Gasteiger charge is 2.27. The number of nitrogens with one attached hydrogen (secondary N) is 1. The van der Waals surface area contributed by atoms with E-state index < -0.39 is 0 Å². The van der Waals surface area contributed by atoms with E-state index in [4.69, 9.17) is 4.74 Å². The van der Waals surface area contributed by atoms with Gasteiger partial charge in [0.2, 0.25) is 0 Å². The monoisotopic (exact) mass is 289 g/mol. The summed E-state index contributed by atoms with van der Waals surface area (Å²) in [6.45, 7) is 11.2. The summed E-state index contributed by atoms with van der Waals surface area (Å²) in [5, 5.41) is 3.85. The number of para-hydroxylation sites is 1. The van der Waals surface area contributed by atoms with Crippen molar-refractivity contribution in [3.05, 3.63) is 29.8 Å². The summed E-state index contributed by atoms with van der Waals surface area (Å²) >= 11 is 0. The van der Waals surface area contributed by atoms with Gasteiger partial charge in [0, 0.05) is 17.6 Å². The van der Waals surface area contributed by atoms with E-state index in [0.29, 0.717) is 12.1 Å². The van der Waals surface area contributed by atoms with Gasteiger partial charge in [-0.05, 0) is 51.5 Å². The molecular formula is C19H31NO. The standard InChI is InChI=1S/C19H31NO/c1-13(2)21-19-9-7-6-8-17(19)16(5)20-18-12-14(3)10-11-15(18)4/h6-9,13-16,18,20H,10-12H2,1-5H3. The number of benzene rings is 1. The topological polar surface area (TPSA) is 21.3 Å². The minimum absolute atomic E-state index is 0.215. The minimum atomic E-state index is 0.215. The first-order chi connectivity index (χ1) is 9.97. The molecule has 118 valence electrons. The van der Waals surface area contributed by atoms with Gasteiger partial charge < -0.3 is 10.1 Å². The number of ether oxygens (including phenoxy) is 1. The average molecular weight is 289 g/mol. The second-order valence-electron chi connectivity index (χ2n) is 7.09. The summed E-state index contributed by atoms with van der Waals surface area (Å²) in [6.07, 6.45) is 4.22. The van der Waals surface area contributed by atoms with Crippen LogP contribution in [-0.4, -0.2) is 12.1 Å². The van der Waals surface area contributed by atoms with Gasteiger partial charge >= 0.3 is 0 Å². The predicted octanol–water partition coefficient (Wildman–Crippen LogP) is 4.95. The van der Waals surface area contributed by atoms with Crippen LogP contribution in [0.15, 0.2) is 24.3 Å². The van der Waals surface area contributed by atoms with E-state index in [1.54, 1.807) is 0 Å². The van der Waals surface area contributed by atoms with Crippen LogP contribution in [0.4, 0.5) is 0 Å². The van der Waals surface area contributed by atoms with Crippen LogP contribution in [0, 0.1) is 11.8 Å². The molecule has 0 heterocycles. The lowest BCUT2D eigenvalue weighted by molar-refractivity contribution is 0.210. The molecule has 4 atom stereocenters. The third-order valence-corrected chi connectivity index (χ3v) is 4.67. The Bertz CT molecular complexity index is 443. The Morgan fingerprint density at radius 2 is 1.81 bits per heavy atom. The highest BCUT2D eigenvalue weighted by Crippen LogP contribution is 2.32. The maximum atomic E-state index is 5.96. The molecule has 0 bridgehead atoms. The first kappa shape index (κ1) is 16.4. The van der Waals surface area contributed by atoms with Crippen LogP contribution < -0.4 is 10.1 Å². The summed E-state index contributed by atoms with van der Waals surface area (Å²) in [4.78, 5) is 0. The van der Waals surface area contributed by atoms with E-state index >= 15 is 0 Å². The molecule has 2 nitrogen and oxygen atoms in total. The highest BCUT2D eigenvalue weighted by molar-refractivity contribution is 5.35. The van der Waals surface area contributed by atoms with Crippen molar-refractivity contribution in [3.63, 3.8) is 0 Å². The minimum Gasteiger partial charge on any atom is -0.491 e. The van der Waals surface area contributed by atoms with E-state index in [2.05, 4.69) is 64.2 Å². The van der Waals surface area contributed by atoms with E-state index in [-0.39, 0.29) is 6.10 Å². The van der Waals surface area contributed by atoms with Crippen LogP contribution in [0.5, 0.6) is 5.75 Å². The molecule has 1 fully saturated rings. The van der Waals surface area contributed by atoms with Crippen LogP contribution in [0.2, 0.25) is 0 Å². The van der Waals surface area contributed by atoms with Gasteiger partial charge in [0.25, 0.3) is 0 Å². The molecule has 1 aliphatic rings. The first-order valence-electron chi connectivity index (χ1n) is 8.49. The molecule has 2 rings (SSSR count). The summed E-state index contributed by atoms with van der Waals surface area (Å²) in [5.41, 5.74) is 1.27. The Hall–Kier alpha value is -1.02. The molecule has 0 radical (unpaired) electrons. The SMILES string of the molecule is CC1CCC(C)C(NC(C)c2ccccc2OC(C)C)C1. The molecule has 1 aromatic rings. The summed E-state index contributed by atoms with van der Waals surface area (Å²) in [6, 6.07) is 9.38. The van der Waals surface area contributed by atoms with Crippen LogP contribution in [0.3, 0.4) is 0 Å². The van der Waals surface area contributed by atoms with Crippen LogP contribution in [0.1, 0.15) is 65.5 Å². The zero-order chi connectivity index (χ0) is 15.4. The fourth-order valence-corrected chi connectivity index (χ4v) is 3.37. The molecule has 4 unspecified atom stereocenters. The molecular weight excluding hydrogens is 258 g/mol. The van der Waals surface area contributed by atoms with E-state index in [0.717, 1.165) is 17.6 Å². The van der Waals surface area contributed by atoms with Crippen LogP contribution >= 0.6 is 0 Å². The van der Waals surface area contributed by atoms with Crippen LogP contribution in [-0.2, 0) is 0 Å². The predicted molar refractivity (Wildman–Crippen MR) is 89.7 cm³/mol. The van der Waals surface area contributed by atoms with Gasteiger partial charge in [0.15, 0.2) is 0 Å². The second kappa shape index (κ2) is 7.31. The van der Waals surface area contributed by atoms with E-state index in [9.17, 15) is 0 Å². The van der Waals surface area contributed by atoms with Crippen molar-refractivity contribution in [2.75, 3.05) is 0 Å². The number of rotatable bonds is 5. The molecule has 0 spiro atoms. The lowest BCUT2D eigenvalue weighted by atomic mass is 9.79. The third kappa shape index (κ3) is 4.47. The zero-order valence-corrected chi connectivity index (χ0v) is 14.2. The Kier molecular flexibility index (Phi) is 5.69. The van der Waals surface area contributed by atoms with Gasteiger partial charge in [-0.2, -0.15) is 0 Å². The Morgan fingerprint density at radius 3 is 2.52 bits per heavy atom. The van der Waals surface area contributed by atoms with Gasteiger partial charge in [-0.25, -0.2) is 0 Å². The van der Waals surface area contributed by atoms with E-state index in [1.165, 1.54) is 24.8 Å². The third-order valence-electron chi connectivity index (χ3n) is 4.67. The van der Waals surface area contributed by atoms with Gasteiger partial charge in [0.05, 0.1) is 6.10 Å². The second-order valence-corrected chi connectivity index (χ2v) is 7.09. The lowest BCUT2D eigenvalue weighted by Gasteiger charge is -2.35. The van der Waals surface area contributed by atoms with Crippen molar-refractivity contribution < 1.29 is 4.74 Å². The summed E-state index contributed by atoms with van der Waals surface area (Å²) in [7, 11) is 0. The number of hydrogen-bond donors (Lipinski definition) is 1. The largest absolute Gasteiger partial charge is 0.491 e. The molecule has 0 amide bonds. The van der Waals surface area contributed by atoms with Gasteiger partial charge in [-0.3, -0.25) is 0 Å². The molecule has 0 aliphatic heterocycles. The Labute approximate surface area is 130 Å². The first-order valence-corrected chi connectivity index (χ1v) is 8.49. The Balaban J connectivity index is 2.07. The Morgan fingerprint density at radius 1 is 1.10 bits per heavy atom. The van der Waals surface area contributed by atoms with Crippen molar-refractivity contribution >= 4 is 0 Å². The maximum Gasteiger partial charge on any atom is 0.124 e. The van der Waals surface area contributed by atoms with Crippen molar-refractivity contribution in [1.82, 2.24) is 5.32 Å². The van der Waals surface area contributed by atoms with Gasteiger partial charge in [-0.1, -0.05) is 38.5 Å². The summed E-state index contributed by atoms with van der Waals surface area (Å²) in [5.74, 6) is 2.62. The van der Waals surface area contributed by atoms with Crippen molar-refractivity contribution in [2.24, 2.45) is 11.8 Å². The van der Waals surface area contributed by atoms with Gasteiger partial charge in [-0.15, -0.1) is 0 Å². The number of hydrogen-bond acceptors (Lipinski definition) is 2. The quantitative estimate of drug-likeness (QED) is 0.828. The van der Waals surface area contributed by atoms with Gasteiger partial charge in [0.1, 0.15) is 5.75 Å². The van der Waals surface area contributed by atoms with Crippen molar-refractivity contribution in [1.29, 1.82) is 0 Å². The fraction of sp³-hybridized carbons (Fsp3) is 0.684.